The van der Waals surface area contributed by atoms with E-state index < -0.39 is 0 Å². The van der Waals surface area contributed by atoms with E-state index >= 15 is 0 Å². The Morgan fingerprint density at radius 1 is 1.16 bits per heavy atom. The van der Waals surface area contributed by atoms with Crippen LogP contribution in [0.2, 0.25) is 0 Å². The Balaban J connectivity index is 1.27. The molecule has 0 aliphatic carbocycles. The van der Waals surface area contributed by atoms with Crippen LogP contribution in [0.5, 0.6) is 0 Å². The van der Waals surface area contributed by atoms with E-state index in [1.54, 1.807) is 12.1 Å². The molecule has 0 bridgehead atoms. The topological polar surface area (TPSA) is 89.2 Å². The summed E-state index contributed by atoms with van der Waals surface area (Å²) in [5.41, 5.74) is 3.25. The molecule has 2 aromatic heterocycles. The van der Waals surface area contributed by atoms with Gasteiger partial charge in [-0.3, -0.25) is 14.7 Å². The monoisotopic (exact) mass is 429 g/mol. The number of nitrogens with zero attached hydrogens (tertiary/aromatic N) is 4. The molecule has 7 heteroatoms. The van der Waals surface area contributed by atoms with Crippen molar-refractivity contribution in [1.29, 1.82) is 5.26 Å². The van der Waals surface area contributed by atoms with E-state index in [0.29, 0.717) is 18.7 Å². The third kappa shape index (κ3) is 4.19. The molecule has 7 nitrogen and oxygen atoms in total. The zero-order chi connectivity index (χ0) is 22.1. The molecule has 2 aliphatic heterocycles. The minimum atomic E-state index is -0.0222. The minimum absolute atomic E-state index is 0.0222. The van der Waals surface area contributed by atoms with Gasteiger partial charge in [-0.15, -0.1) is 0 Å². The number of anilines is 1. The molecule has 32 heavy (non-hydrogen) atoms. The van der Waals surface area contributed by atoms with Gasteiger partial charge in [0.15, 0.2) is 0 Å². The number of rotatable bonds is 4. The summed E-state index contributed by atoms with van der Waals surface area (Å²) in [5, 5.41) is 8.96. The van der Waals surface area contributed by atoms with E-state index in [4.69, 9.17) is 14.7 Å². The quantitative estimate of drug-likeness (QED) is 0.680. The van der Waals surface area contributed by atoms with Crippen LogP contribution in [0, 0.1) is 17.2 Å². The van der Waals surface area contributed by atoms with Crippen molar-refractivity contribution in [2.75, 3.05) is 24.5 Å². The molecule has 1 fully saturated rings. The zero-order valence-electron chi connectivity index (χ0n) is 18.3. The van der Waals surface area contributed by atoms with Gasteiger partial charge in [0.25, 0.3) is 5.56 Å². The summed E-state index contributed by atoms with van der Waals surface area (Å²) in [6, 6.07) is 13.4. The lowest BCUT2D eigenvalue weighted by Crippen LogP contribution is -2.39. The Morgan fingerprint density at radius 2 is 1.94 bits per heavy atom. The van der Waals surface area contributed by atoms with Crippen LogP contribution >= 0.6 is 0 Å². The lowest BCUT2D eigenvalue weighted by Gasteiger charge is -2.32. The van der Waals surface area contributed by atoms with Gasteiger partial charge in [0.1, 0.15) is 11.5 Å². The van der Waals surface area contributed by atoms with Gasteiger partial charge in [-0.25, -0.2) is 4.98 Å². The first-order chi connectivity index (χ1) is 15.6. The summed E-state index contributed by atoms with van der Waals surface area (Å²) in [4.78, 5) is 25.1. The molecule has 0 atom stereocenters. The van der Waals surface area contributed by atoms with Crippen molar-refractivity contribution in [2.45, 2.75) is 39.3 Å². The maximum atomic E-state index is 12.8. The van der Waals surface area contributed by atoms with Crippen molar-refractivity contribution in [3.63, 3.8) is 0 Å². The van der Waals surface area contributed by atoms with Crippen molar-refractivity contribution in [1.82, 2.24) is 14.9 Å². The third-order valence-electron chi connectivity index (χ3n) is 6.56. The van der Waals surface area contributed by atoms with Crippen LogP contribution in [0.15, 0.2) is 45.6 Å². The van der Waals surface area contributed by atoms with Gasteiger partial charge in [-0.05, 0) is 55.2 Å². The van der Waals surface area contributed by atoms with Gasteiger partial charge in [0, 0.05) is 38.2 Å². The first kappa shape index (κ1) is 20.5. The fraction of sp³-hybridized carbons (Fsp3) is 0.400. The van der Waals surface area contributed by atoms with Crippen molar-refractivity contribution in [2.24, 2.45) is 5.92 Å². The second kappa shape index (κ2) is 8.64. The Bertz CT molecular complexity index is 1200. The number of nitriles is 1. The molecule has 4 heterocycles. The number of fused-ring (bicyclic) bond motifs is 1. The van der Waals surface area contributed by atoms with Gasteiger partial charge in [0.05, 0.1) is 29.4 Å². The summed E-state index contributed by atoms with van der Waals surface area (Å²) in [6.07, 6.45) is 3.05. The SMILES string of the molecule is CC1CCN(c2nc3c(c(=O)[nH]2)CN(Cc2ccc(-c4ccc(C#N)cc4)o2)CC3)CC1. The van der Waals surface area contributed by atoms with Crippen LogP contribution in [0.1, 0.15) is 42.3 Å². The van der Waals surface area contributed by atoms with Crippen molar-refractivity contribution >= 4 is 5.95 Å². The highest BCUT2D eigenvalue weighted by molar-refractivity contribution is 5.58. The van der Waals surface area contributed by atoms with Crippen LogP contribution in [0.3, 0.4) is 0 Å². The summed E-state index contributed by atoms with van der Waals surface area (Å²) in [6.45, 7) is 6.24. The normalized spacial score (nSPS) is 17.2. The number of hydrogen-bond acceptors (Lipinski definition) is 6. The number of nitrogens with one attached hydrogen (secondary N) is 1. The first-order valence-electron chi connectivity index (χ1n) is 11.3. The van der Waals surface area contributed by atoms with Gasteiger partial charge in [0.2, 0.25) is 5.95 Å². The van der Waals surface area contributed by atoms with E-state index in [9.17, 15) is 4.79 Å². The van der Waals surface area contributed by atoms with E-state index in [1.165, 1.54) is 0 Å². The lowest BCUT2D eigenvalue weighted by molar-refractivity contribution is 0.223. The fourth-order valence-electron chi connectivity index (χ4n) is 4.52. The Hall–Kier alpha value is -3.37. The molecular weight excluding hydrogens is 402 g/mol. The smallest absolute Gasteiger partial charge is 0.257 e. The highest BCUT2D eigenvalue weighted by atomic mass is 16.3. The average Bonchev–Trinajstić information content (AvgIpc) is 3.28. The predicted molar refractivity (Wildman–Crippen MR) is 122 cm³/mol. The molecule has 164 valence electrons. The van der Waals surface area contributed by atoms with Crippen LogP contribution in [0.25, 0.3) is 11.3 Å². The Labute approximate surface area is 187 Å². The van der Waals surface area contributed by atoms with Crippen LogP contribution in [0.4, 0.5) is 5.95 Å². The predicted octanol–water partition coefficient (Wildman–Crippen LogP) is 3.70. The maximum Gasteiger partial charge on any atom is 0.257 e. The minimum Gasteiger partial charge on any atom is -0.460 e. The molecule has 0 unspecified atom stereocenters. The number of piperidine rings is 1. The number of furan rings is 1. The number of H-pyrrole nitrogens is 1. The molecular formula is C25H27N5O2. The molecule has 0 radical (unpaired) electrons. The molecule has 2 aliphatic rings. The summed E-state index contributed by atoms with van der Waals surface area (Å²) in [5.74, 6) is 3.11. The summed E-state index contributed by atoms with van der Waals surface area (Å²) < 4.78 is 6.04. The summed E-state index contributed by atoms with van der Waals surface area (Å²) in [7, 11) is 0. The number of benzene rings is 1. The highest BCUT2D eigenvalue weighted by Gasteiger charge is 2.24. The molecule has 1 aromatic carbocycles. The van der Waals surface area contributed by atoms with E-state index in [2.05, 4.69) is 27.8 Å². The van der Waals surface area contributed by atoms with Crippen LogP contribution in [-0.4, -0.2) is 34.5 Å². The van der Waals surface area contributed by atoms with Gasteiger partial charge in [-0.2, -0.15) is 5.26 Å². The second-order valence-corrected chi connectivity index (χ2v) is 8.90. The standard InChI is InChI=1S/C25H27N5O2/c1-17-8-12-30(13-9-17)25-27-22-10-11-29(16-21(22)24(31)28-25)15-20-6-7-23(32-20)19-4-2-18(14-26)3-5-19/h2-7,17H,8-13,15-16H2,1H3,(H,27,28,31). The molecule has 3 aromatic rings. The van der Waals surface area contributed by atoms with E-state index in [-0.39, 0.29) is 5.56 Å². The molecule has 0 spiro atoms. The van der Waals surface area contributed by atoms with Gasteiger partial charge < -0.3 is 9.32 Å². The van der Waals surface area contributed by atoms with Crippen molar-refractivity contribution in [3.8, 4) is 17.4 Å². The Kier molecular flexibility index (Phi) is 5.54. The van der Waals surface area contributed by atoms with Crippen molar-refractivity contribution < 1.29 is 4.42 Å². The molecule has 1 N–H and O–H groups in total. The van der Waals surface area contributed by atoms with E-state index in [1.807, 2.05) is 24.3 Å². The van der Waals surface area contributed by atoms with Crippen LogP contribution in [-0.2, 0) is 19.5 Å². The highest BCUT2D eigenvalue weighted by Crippen LogP contribution is 2.25. The third-order valence-corrected chi connectivity index (χ3v) is 6.56. The van der Waals surface area contributed by atoms with Gasteiger partial charge >= 0.3 is 0 Å². The zero-order valence-corrected chi connectivity index (χ0v) is 18.3. The first-order valence-corrected chi connectivity index (χ1v) is 11.3. The Morgan fingerprint density at radius 3 is 2.69 bits per heavy atom. The fourth-order valence-corrected chi connectivity index (χ4v) is 4.52. The second-order valence-electron chi connectivity index (χ2n) is 8.90. The maximum absolute atomic E-state index is 12.8. The molecule has 0 amide bonds. The largest absolute Gasteiger partial charge is 0.460 e. The molecule has 5 rings (SSSR count). The average molecular weight is 430 g/mol. The number of hydrogen-bond donors (Lipinski definition) is 1. The number of aromatic amines is 1. The summed E-state index contributed by atoms with van der Waals surface area (Å²) >= 11 is 0. The molecule has 0 saturated carbocycles. The molecule has 1 saturated heterocycles. The van der Waals surface area contributed by atoms with Crippen molar-refractivity contribution in [3.05, 3.63) is 69.3 Å². The lowest BCUT2D eigenvalue weighted by atomic mass is 9.99. The number of aromatic nitrogens is 2. The van der Waals surface area contributed by atoms with E-state index in [0.717, 1.165) is 79.1 Å². The van der Waals surface area contributed by atoms with Crippen LogP contribution < -0.4 is 10.5 Å². The van der Waals surface area contributed by atoms with Gasteiger partial charge in [-0.1, -0.05) is 6.92 Å².